The van der Waals surface area contributed by atoms with Crippen molar-refractivity contribution in [2.45, 2.75) is 32.8 Å². The van der Waals surface area contributed by atoms with E-state index in [-0.39, 0.29) is 25.1 Å². The lowest BCUT2D eigenvalue weighted by Crippen LogP contribution is -2.21. The van der Waals surface area contributed by atoms with Gasteiger partial charge in [0.2, 0.25) is 10.0 Å². The Morgan fingerprint density at radius 3 is 2.75 bits per heavy atom. The summed E-state index contributed by atoms with van der Waals surface area (Å²) in [7, 11) is -3.39. The van der Waals surface area contributed by atoms with E-state index < -0.39 is 10.0 Å². The molecule has 0 saturated heterocycles. The molecule has 6 heteroatoms. The first-order chi connectivity index (χ1) is 9.43. The molecule has 0 aromatic heterocycles. The zero-order chi connectivity index (χ0) is 15.0. The molecule has 20 heavy (non-hydrogen) atoms. The number of aliphatic hydroxyl groups is 1. The van der Waals surface area contributed by atoms with Crippen molar-refractivity contribution >= 4 is 15.7 Å². The fraction of sp³-hybridized carbons (Fsp3) is 0.571. The first kappa shape index (κ1) is 16.9. The van der Waals surface area contributed by atoms with Gasteiger partial charge in [-0.3, -0.25) is 4.72 Å². The van der Waals surface area contributed by atoms with Crippen LogP contribution in [0.25, 0.3) is 0 Å². The number of aliphatic hydroxyl groups excluding tert-OH is 1. The summed E-state index contributed by atoms with van der Waals surface area (Å²) in [5.74, 6) is -0.0634. The van der Waals surface area contributed by atoms with Gasteiger partial charge >= 0.3 is 0 Å². The maximum absolute atomic E-state index is 11.9. The van der Waals surface area contributed by atoms with Crippen molar-refractivity contribution in [1.29, 1.82) is 0 Å². The predicted molar refractivity (Wildman–Crippen MR) is 80.3 cm³/mol. The number of benzene rings is 1. The molecule has 5 nitrogen and oxygen atoms in total. The topological polar surface area (TPSA) is 75.6 Å². The number of rotatable bonds is 9. The van der Waals surface area contributed by atoms with E-state index in [0.29, 0.717) is 12.1 Å². The van der Waals surface area contributed by atoms with Crippen molar-refractivity contribution in [3.63, 3.8) is 0 Å². The van der Waals surface area contributed by atoms with E-state index in [1.807, 2.05) is 19.9 Å². The molecule has 114 valence electrons. The van der Waals surface area contributed by atoms with Crippen molar-refractivity contribution in [1.82, 2.24) is 0 Å². The Hall–Kier alpha value is -1.11. The summed E-state index contributed by atoms with van der Waals surface area (Å²) in [5.41, 5.74) is 1.54. The van der Waals surface area contributed by atoms with E-state index in [0.717, 1.165) is 12.0 Å². The first-order valence-electron chi connectivity index (χ1n) is 6.75. The summed E-state index contributed by atoms with van der Waals surface area (Å²) >= 11 is 0. The van der Waals surface area contributed by atoms with Gasteiger partial charge in [-0.1, -0.05) is 12.1 Å². The lowest BCUT2D eigenvalue weighted by atomic mass is 10.1. The molecule has 1 aromatic rings. The van der Waals surface area contributed by atoms with Gasteiger partial charge in [0.25, 0.3) is 0 Å². The standard InChI is InChI=1S/C14H23NO4S/c1-12(2)19-9-10-20(17,18)15-14-7-3-5-13(11-14)6-4-8-16/h3,5,7,11-12,15-16H,4,6,8-10H2,1-2H3. The molecular formula is C14H23NO4S. The monoisotopic (exact) mass is 301 g/mol. The molecule has 0 radical (unpaired) electrons. The number of sulfonamides is 1. The van der Waals surface area contributed by atoms with Gasteiger partial charge in [-0.05, 0) is 44.4 Å². The molecule has 0 saturated carbocycles. The second-order valence-corrected chi connectivity index (χ2v) is 6.71. The number of aryl methyl sites for hydroxylation is 1. The Morgan fingerprint density at radius 2 is 2.10 bits per heavy atom. The molecule has 0 aliphatic heterocycles. The average molecular weight is 301 g/mol. The molecule has 1 aromatic carbocycles. The van der Waals surface area contributed by atoms with Gasteiger partial charge in [0.05, 0.1) is 18.5 Å². The normalized spacial score (nSPS) is 11.8. The maximum Gasteiger partial charge on any atom is 0.235 e. The highest BCUT2D eigenvalue weighted by Crippen LogP contribution is 2.14. The molecule has 0 bridgehead atoms. The van der Waals surface area contributed by atoms with Crippen molar-refractivity contribution in [2.75, 3.05) is 23.7 Å². The van der Waals surface area contributed by atoms with Crippen LogP contribution in [0.1, 0.15) is 25.8 Å². The molecule has 0 amide bonds. The Bertz CT molecular complexity index is 500. The van der Waals surface area contributed by atoms with Crippen LogP contribution in [-0.2, 0) is 21.2 Å². The fourth-order valence-electron chi connectivity index (χ4n) is 1.70. The van der Waals surface area contributed by atoms with Gasteiger partial charge in [-0.25, -0.2) is 8.42 Å². The van der Waals surface area contributed by atoms with Crippen LogP contribution in [0.4, 0.5) is 5.69 Å². The van der Waals surface area contributed by atoms with E-state index in [1.54, 1.807) is 18.2 Å². The molecule has 0 unspecified atom stereocenters. The highest BCUT2D eigenvalue weighted by molar-refractivity contribution is 7.92. The SMILES string of the molecule is CC(C)OCCS(=O)(=O)Nc1cccc(CCCO)c1. The highest BCUT2D eigenvalue weighted by Gasteiger charge is 2.11. The maximum atomic E-state index is 11.9. The van der Waals surface area contributed by atoms with Crippen LogP contribution in [-0.4, -0.2) is 38.6 Å². The predicted octanol–water partition coefficient (Wildman–Crippen LogP) is 1.78. The third-order valence-electron chi connectivity index (χ3n) is 2.63. The molecule has 0 spiro atoms. The van der Waals surface area contributed by atoms with Crippen LogP contribution in [0.15, 0.2) is 24.3 Å². The van der Waals surface area contributed by atoms with Crippen LogP contribution < -0.4 is 4.72 Å². The minimum atomic E-state index is -3.39. The molecule has 0 atom stereocenters. The molecule has 0 fully saturated rings. The quantitative estimate of drug-likeness (QED) is 0.729. The van der Waals surface area contributed by atoms with Crippen molar-refractivity contribution in [2.24, 2.45) is 0 Å². The smallest absolute Gasteiger partial charge is 0.235 e. The minimum Gasteiger partial charge on any atom is -0.396 e. The second-order valence-electron chi connectivity index (χ2n) is 4.87. The molecule has 0 heterocycles. The average Bonchev–Trinajstić information content (AvgIpc) is 2.35. The number of hydrogen-bond acceptors (Lipinski definition) is 4. The molecule has 0 aliphatic rings. The van der Waals surface area contributed by atoms with E-state index in [9.17, 15) is 8.42 Å². The van der Waals surface area contributed by atoms with Crippen molar-refractivity contribution in [3.8, 4) is 0 Å². The van der Waals surface area contributed by atoms with E-state index in [2.05, 4.69) is 4.72 Å². The highest BCUT2D eigenvalue weighted by atomic mass is 32.2. The Labute approximate surface area is 121 Å². The van der Waals surface area contributed by atoms with Crippen LogP contribution in [0.3, 0.4) is 0 Å². The van der Waals surface area contributed by atoms with Crippen molar-refractivity contribution in [3.05, 3.63) is 29.8 Å². The number of anilines is 1. The van der Waals surface area contributed by atoms with Gasteiger partial charge in [-0.15, -0.1) is 0 Å². The largest absolute Gasteiger partial charge is 0.396 e. The first-order valence-corrected chi connectivity index (χ1v) is 8.40. The van der Waals surface area contributed by atoms with Crippen LogP contribution in [0.5, 0.6) is 0 Å². The molecule has 1 rings (SSSR count). The Balaban J connectivity index is 2.58. The summed E-state index contributed by atoms with van der Waals surface area (Å²) < 4.78 is 31.5. The lowest BCUT2D eigenvalue weighted by molar-refractivity contribution is 0.0913. The number of nitrogens with one attached hydrogen (secondary N) is 1. The van der Waals surface area contributed by atoms with E-state index in [4.69, 9.17) is 9.84 Å². The summed E-state index contributed by atoms with van der Waals surface area (Å²) in [6.07, 6.45) is 1.41. The van der Waals surface area contributed by atoms with Gasteiger partial charge < -0.3 is 9.84 Å². The lowest BCUT2D eigenvalue weighted by Gasteiger charge is -2.11. The molecule has 0 aliphatic carbocycles. The van der Waals surface area contributed by atoms with Crippen LogP contribution >= 0.6 is 0 Å². The van der Waals surface area contributed by atoms with Crippen molar-refractivity contribution < 1.29 is 18.3 Å². The molecule has 2 N–H and O–H groups in total. The number of ether oxygens (including phenoxy) is 1. The fourth-order valence-corrected chi connectivity index (χ4v) is 2.60. The summed E-state index contributed by atoms with van der Waals surface area (Å²) in [6, 6.07) is 7.21. The van der Waals surface area contributed by atoms with Gasteiger partial charge in [0.1, 0.15) is 0 Å². The van der Waals surface area contributed by atoms with Gasteiger partial charge in [0.15, 0.2) is 0 Å². The van der Waals surface area contributed by atoms with Crippen LogP contribution in [0, 0.1) is 0 Å². The molecular weight excluding hydrogens is 278 g/mol. The third-order valence-corrected chi connectivity index (χ3v) is 3.88. The van der Waals surface area contributed by atoms with E-state index >= 15 is 0 Å². The number of hydrogen-bond donors (Lipinski definition) is 2. The summed E-state index contributed by atoms with van der Waals surface area (Å²) in [5, 5.41) is 8.80. The second kappa shape index (κ2) is 8.24. The Kier molecular flexibility index (Phi) is 6.98. The van der Waals surface area contributed by atoms with E-state index in [1.165, 1.54) is 0 Å². The minimum absolute atomic E-state index is 0.0204. The van der Waals surface area contributed by atoms with Crippen LogP contribution in [0.2, 0.25) is 0 Å². The van der Waals surface area contributed by atoms with Gasteiger partial charge in [-0.2, -0.15) is 0 Å². The third kappa shape index (κ3) is 6.88. The van der Waals surface area contributed by atoms with Gasteiger partial charge in [0, 0.05) is 12.3 Å². The summed E-state index contributed by atoms with van der Waals surface area (Å²) in [6.45, 7) is 4.04. The summed E-state index contributed by atoms with van der Waals surface area (Å²) in [4.78, 5) is 0. The zero-order valence-electron chi connectivity index (χ0n) is 12.0. The Morgan fingerprint density at radius 1 is 1.35 bits per heavy atom. The zero-order valence-corrected chi connectivity index (χ0v) is 12.8.